The fourth-order valence-corrected chi connectivity index (χ4v) is 5.54. The van der Waals surface area contributed by atoms with Crippen LogP contribution in [0.3, 0.4) is 0 Å². The summed E-state index contributed by atoms with van der Waals surface area (Å²) < 4.78 is 21.5. The Balaban J connectivity index is 1.36. The smallest absolute Gasteiger partial charge is 0.225 e. The summed E-state index contributed by atoms with van der Waals surface area (Å²) in [6, 6.07) is 12.7. The van der Waals surface area contributed by atoms with E-state index in [4.69, 9.17) is 4.74 Å². The zero-order chi connectivity index (χ0) is 22.1. The normalized spacial score (nSPS) is 16.4. The van der Waals surface area contributed by atoms with Crippen molar-refractivity contribution in [2.45, 2.75) is 19.4 Å². The van der Waals surface area contributed by atoms with Gasteiger partial charge in [-0.15, -0.1) is 11.3 Å². The van der Waals surface area contributed by atoms with Gasteiger partial charge in [-0.3, -0.25) is 4.79 Å². The van der Waals surface area contributed by atoms with Gasteiger partial charge in [-0.05, 0) is 31.0 Å². The summed E-state index contributed by atoms with van der Waals surface area (Å²) in [7, 11) is 1.63. The number of para-hydroxylation sites is 1. The highest BCUT2D eigenvalue weighted by molar-refractivity contribution is 7.26. The molecule has 2 aromatic carbocycles. The number of carbonyl (C=O) groups is 1. The number of nitrogens with zero attached hydrogens (tertiary/aromatic N) is 3. The maximum atomic E-state index is 14.4. The molecule has 0 unspecified atom stereocenters. The molecule has 4 aromatic rings. The summed E-state index contributed by atoms with van der Waals surface area (Å²) >= 11 is 1.50. The molecule has 0 aliphatic carbocycles. The molecule has 1 aliphatic rings. The fraction of sp³-hybridized carbons (Fsp3) is 0.292. The first-order valence-corrected chi connectivity index (χ1v) is 11.4. The van der Waals surface area contributed by atoms with Crippen molar-refractivity contribution in [2.24, 2.45) is 5.92 Å². The third-order valence-electron chi connectivity index (χ3n) is 5.95. The molecule has 1 amide bonds. The molecular formula is C24H23FN4O2S. The van der Waals surface area contributed by atoms with Gasteiger partial charge in [-0.1, -0.05) is 24.3 Å². The first kappa shape index (κ1) is 20.6. The highest BCUT2D eigenvalue weighted by Crippen LogP contribution is 2.39. The lowest BCUT2D eigenvalue weighted by Crippen LogP contribution is -2.43. The van der Waals surface area contributed by atoms with E-state index in [1.165, 1.54) is 23.7 Å². The number of anilines is 1. The van der Waals surface area contributed by atoms with Crippen molar-refractivity contribution in [1.82, 2.24) is 15.3 Å². The minimum atomic E-state index is -0.273. The average Bonchev–Trinajstić information content (AvgIpc) is 3.23. The highest BCUT2D eigenvalue weighted by atomic mass is 32.1. The number of methoxy groups -OCH3 is 1. The van der Waals surface area contributed by atoms with Gasteiger partial charge < -0.3 is 15.0 Å². The molecule has 0 bridgehead atoms. The van der Waals surface area contributed by atoms with Crippen molar-refractivity contribution in [2.75, 3.05) is 25.1 Å². The topological polar surface area (TPSA) is 67.3 Å². The van der Waals surface area contributed by atoms with E-state index in [2.05, 4.69) is 20.2 Å². The van der Waals surface area contributed by atoms with Crippen LogP contribution in [0.4, 0.5) is 10.2 Å². The maximum Gasteiger partial charge on any atom is 0.225 e. The van der Waals surface area contributed by atoms with E-state index < -0.39 is 0 Å². The molecule has 5 rings (SSSR count). The quantitative estimate of drug-likeness (QED) is 0.484. The lowest BCUT2D eigenvalue weighted by atomic mass is 9.97. The van der Waals surface area contributed by atoms with Crippen molar-refractivity contribution in [1.29, 1.82) is 0 Å². The summed E-state index contributed by atoms with van der Waals surface area (Å²) in [6.45, 7) is 1.80. The molecule has 1 N–H and O–H groups in total. The van der Waals surface area contributed by atoms with Crippen molar-refractivity contribution < 1.29 is 13.9 Å². The Bertz CT molecular complexity index is 1290. The molecule has 164 valence electrons. The van der Waals surface area contributed by atoms with Gasteiger partial charge in [0.05, 0.1) is 28.6 Å². The zero-order valence-electron chi connectivity index (χ0n) is 17.7. The van der Waals surface area contributed by atoms with Gasteiger partial charge in [0, 0.05) is 29.9 Å². The number of carbonyl (C=O) groups excluding carboxylic acids is 1. The van der Waals surface area contributed by atoms with Gasteiger partial charge >= 0.3 is 0 Å². The predicted octanol–water partition coefficient (Wildman–Crippen LogP) is 4.53. The Labute approximate surface area is 189 Å². The Morgan fingerprint density at radius 1 is 1.25 bits per heavy atom. The number of fused-ring (bicyclic) bond motifs is 3. The van der Waals surface area contributed by atoms with E-state index in [0.717, 1.165) is 45.9 Å². The zero-order valence-corrected chi connectivity index (χ0v) is 18.5. The van der Waals surface area contributed by atoms with Gasteiger partial charge in [-0.2, -0.15) is 0 Å². The van der Waals surface area contributed by atoms with Gasteiger partial charge in [0.1, 0.15) is 23.7 Å². The molecular weight excluding hydrogens is 427 g/mol. The Morgan fingerprint density at radius 2 is 2.12 bits per heavy atom. The standard InChI is InChI=1S/C24H23FN4O2S/c1-31-18-9-3-2-6-15(18)12-26-24(30)16-7-5-11-29(13-16)23-22-21(27-14-28-23)20-17(25)8-4-10-19(20)32-22/h2-4,6,8-10,14,16H,5,7,11-13H2,1H3,(H,26,30)/t16-/m1/s1. The van der Waals surface area contributed by atoms with Crippen LogP contribution in [0.5, 0.6) is 5.75 Å². The number of rotatable bonds is 5. The van der Waals surface area contributed by atoms with Gasteiger partial charge in [0.2, 0.25) is 5.91 Å². The Kier molecular flexibility index (Phi) is 5.61. The van der Waals surface area contributed by atoms with Crippen LogP contribution in [-0.2, 0) is 11.3 Å². The molecule has 0 saturated carbocycles. The molecule has 1 atom stereocenters. The monoisotopic (exact) mass is 450 g/mol. The molecule has 1 saturated heterocycles. The van der Waals surface area contributed by atoms with E-state index in [9.17, 15) is 9.18 Å². The number of amides is 1. The van der Waals surface area contributed by atoms with Crippen molar-refractivity contribution in [3.05, 3.63) is 60.2 Å². The van der Waals surface area contributed by atoms with Crippen molar-refractivity contribution >= 4 is 43.4 Å². The van der Waals surface area contributed by atoms with Crippen LogP contribution in [0.1, 0.15) is 18.4 Å². The Hall–Kier alpha value is -3.26. The van der Waals surface area contributed by atoms with Crippen LogP contribution in [0.15, 0.2) is 48.8 Å². The number of aromatic nitrogens is 2. The fourth-order valence-electron chi connectivity index (χ4n) is 4.35. The number of halogens is 1. The third kappa shape index (κ3) is 3.75. The van der Waals surface area contributed by atoms with E-state index in [-0.39, 0.29) is 17.6 Å². The Morgan fingerprint density at radius 3 is 3.00 bits per heavy atom. The third-order valence-corrected chi connectivity index (χ3v) is 7.09. The minimum Gasteiger partial charge on any atom is -0.496 e. The summed E-state index contributed by atoms with van der Waals surface area (Å²) in [6.07, 6.45) is 3.20. The SMILES string of the molecule is COc1ccccc1CNC(=O)[C@@H]1CCCN(c2ncnc3c2sc2cccc(F)c23)C1. The number of hydrogen-bond acceptors (Lipinski definition) is 6. The van der Waals surface area contributed by atoms with Crippen molar-refractivity contribution in [3.8, 4) is 5.75 Å². The average molecular weight is 451 g/mol. The minimum absolute atomic E-state index is 0.0216. The van der Waals surface area contributed by atoms with Gasteiger partial charge in [0.15, 0.2) is 0 Å². The number of benzene rings is 2. The number of ether oxygens (including phenoxy) is 1. The second kappa shape index (κ2) is 8.70. The predicted molar refractivity (Wildman–Crippen MR) is 125 cm³/mol. The molecule has 0 spiro atoms. The summed E-state index contributed by atoms with van der Waals surface area (Å²) in [5.74, 6) is 1.14. The number of thiophene rings is 1. The molecule has 32 heavy (non-hydrogen) atoms. The summed E-state index contributed by atoms with van der Waals surface area (Å²) in [5.41, 5.74) is 1.58. The molecule has 0 radical (unpaired) electrons. The molecule has 3 heterocycles. The van der Waals surface area contributed by atoms with E-state index >= 15 is 0 Å². The second-order valence-electron chi connectivity index (χ2n) is 7.90. The van der Waals surface area contributed by atoms with Crippen LogP contribution in [0, 0.1) is 11.7 Å². The van der Waals surface area contributed by atoms with Crippen LogP contribution in [0.2, 0.25) is 0 Å². The molecule has 8 heteroatoms. The molecule has 1 aliphatic heterocycles. The van der Waals surface area contributed by atoms with Crippen LogP contribution in [-0.4, -0.2) is 36.1 Å². The van der Waals surface area contributed by atoms with Crippen molar-refractivity contribution in [3.63, 3.8) is 0 Å². The highest BCUT2D eigenvalue weighted by Gasteiger charge is 2.28. The lowest BCUT2D eigenvalue weighted by molar-refractivity contribution is -0.125. The van der Waals surface area contributed by atoms with Gasteiger partial charge in [-0.25, -0.2) is 14.4 Å². The number of nitrogens with one attached hydrogen (secondary N) is 1. The first-order valence-electron chi connectivity index (χ1n) is 10.6. The summed E-state index contributed by atoms with van der Waals surface area (Å²) in [5, 5.41) is 3.60. The van der Waals surface area contributed by atoms with E-state index in [0.29, 0.717) is 24.0 Å². The first-order chi connectivity index (χ1) is 15.7. The molecule has 2 aromatic heterocycles. The van der Waals surface area contributed by atoms with E-state index in [1.807, 2.05) is 30.3 Å². The van der Waals surface area contributed by atoms with Gasteiger partial charge in [0.25, 0.3) is 0 Å². The maximum absolute atomic E-state index is 14.4. The largest absolute Gasteiger partial charge is 0.496 e. The molecule has 1 fully saturated rings. The van der Waals surface area contributed by atoms with Crippen LogP contribution >= 0.6 is 11.3 Å². The molecule has 6 nitrogen and oxygen atoms in total. The van der Waals surface area contributed by atoms with Crippen LogP contribution in [0.25, 0.3) is 20.3 Å². The van der Waals surface area contributed by atoms with E-state index in [1.54, 1.807) is 13.2 Å². The summed E-state index contributed by atoms with van der Waals surface area (Å²) in [4.78, 5) is 24.0. The number of piperidine rings is 1. The lowest BCUT2D eigenvalue weighted by Gasteiger charge is -2.33. The van der Waals surface area contributed by atoms with Crippen LogP contribution < -0.4 is 15.0 Å². The second-order valence-corrected chi connectivity index (χ2v) is 8.96. The number of hydrogen-bond donors (Lipinski definition) is 1.